The van der Waals surface area contributed by atoms with Crippen LogP contribution >= 0.6 is 11.3 Å². The zero-order valence-corrected chi connectivity index (χ0v) is 14.6. The van der Waals surface area contributed by atoms with Gasteiger partial charge in [-0.3, -0.25) is 9.59 Å². The highest BCUT2D eigenvalue weighted by atomic mass is 32.1. The Labute approximate surface area is 145 Å². The first kappa shape index (κ1) is 16.9. The van der Waals surface area contributed by atoms with Gasteiger partial charge in [0, 0.05) is 7.05 Å². The summed E-state index contributed by atoms with van der Waals surface area (Å²) in [6, 6.07) is 7.99. The van der Waals surface area contributed by atoms with E-state index >= 15 is 0 Å². The van der Waals surface area contributed by atoms with Crippen molar-refractivity contribution >= 4 is 33.4 Å². The topological polar surface area (TPSA) is 80.7 Å². The summed E-state index contributed by atoms with van der Waals surface area (Å²) in [7, 11) is 1.81. The number of amides is 2. The number of piperidine rings is 1. The maximum absolute atomic E-state index is 12.5. The number of aromatic nitrogens is 1. The molecule has 1 aromatic carbocycles. The minimum atomic E-state index is -0.248. The standard InChI is InChI=1S/C17H22N4O2S/c1-20(10-15-19-13-6-2-3-7-14(13)24-15)16(22)11-21-8-4-5-12(9-21)17(18)23/h2-3,6-7,12H,4-5,8-11H2,1H3,(H2,18,23)/p+1/t12-/m1/s1. The molecule has 3 N–H and O–H groups in total. The van der Waals surface area contributed by atoms with Crippen LogP contribution in [0.4, 0.5) is 0 Å². The van der Waals surface area contributed by atoms with Crippen molar-refractivity contribution in [2.45, 2.75) is 19.4 Å². The smallest absolute Gasteiger partial charge is 0.277 e. The summed E-state index contributed by atoms with van der Waals surface area (Å²) in [6.07, 6.45) is 1.78. The monoisotopic (exact) mass is 347 g/mol. The average molecular weight is 347 g/mol. The molecule has 2 heterocycles. The molecule has 2 aromatic rings. The minimum Gasteiger partial charge on any atom is -0.369 e. The molecule has 2 amide bonds. The highest BCUT2D eigenvalue weighted by Gasteiger charge is 2.29. The molecule has 1 unspecified atom stereocenters. The number of hydrogen-bond acceptors (Lipinski definition) is 4. The molecule has 0 spiro atoms. The van der Waals surface area contributed by atoms with Crippen LogP contribution in [0.5, 0.6) is 0 Å². The van der Waals surface area contributed by atoms with Crippen molar-refractivity contribution in [3.8, 4) is 0 Å². The van der Waals surface area contributed by atoms with Crippen molar-refractivity contribution < 1.29 is 14.5 Å². The van der Waals surface area contributed by atoms with Gasteiger partial charge in [-0.25, -0.2) is 4.98 Å². The second-order valence-electron chi connectivity index (χ2n) is 6.45. The van der Waals surface area contributed by atoms with Gasteiger partial charge in [0.1, 0.15) is 5.01 Å². The Balaban J connectivity index is 1.57. The molecule has 7 heteroatoms. The number of likely N-dealkylation sites (N-methyl/N-ethyl adjacent to an activating group) is 1. The Morgan fingerprint density at radius 1 is 1.42 bits per heavy atom. The Hall–Kier alpha value is -1.99. The Morgan fingerprint density at radius 3 is 2.96 bits per heavy atom. The predicted molar refractivity (Wildman–Crippen MR) is 93.6 cm³/mol. The van der Waals surface area contributed by atoms with Crippen molar-refractivity contribution in [2.75, 3.05) is 26.7 Å². The first-order valence-corrected chi connectivity index (χ1v) is 9.06. The van der Waals surface area contributed by atoms with E-state index in [1.807, 2.05) is 31.3 Å². The van der Waals surface area contributed by atoms with E-state index in [0.717, 1.165) is 39.5 Å². The lowest BCUT2D eigenvalue weighted by Crippen LogP contribution is -3.14. The summed E-state index contributed by atoms with van der Waals surface area (Å²) in [4.78, 5) is 31.3. The fraction of sp³-hybridized carbons (Fsp3) is 0.471. The zero-order valence-electron chi connectivity index (χ0n) is 13.8. The number of benzene rings is 1. The molecular weight excluding hydrogens is 324 g/mol. The Bertz CT molecular complexity index is 712. The van der Waals surface area contributed by atoms with Gasteiger partial charge in [0.05, 0.1) is 35.8 Å². The van der Waals surface area contributed by atoms with Crippen LogP contribution in [0.25, 0.3) is 10.2 Å². The largest absolute Gasteiger partial charge is 0.369 e. The van der Waals surface area contributed by atoms with E-state index < -0.39 is 0 Å². The summed E-state index contributed by atoms with van der Waals surface area (Å²) < 4.78 is 1.14. The number of para-hydroxylation sites is 1. The molecule has 1 aliphatic rings. The summed E-state index contributed by atoms with van der Waals surface area (Å²) in [5.74, 6) is -0.270. The van der Waals surface area contributed by atoms with E-state index in [0.29, 0.717) is 19.6 Å². The van der Waals surface area contributed by atoms with Crippen molar-refractivity contribution in [2.24, 2.45) is 11.7 Å². The van der Waals surface area contributed by atoms with E-state index in [1.54, 1.807) is 16.2 Å². The number of carbonyl (C=O) groups is 2. The fourth-order valence-corrected chi connectivity index (χ4v) is 4.20. The molecule has 6 nitrogen and oxygen atoms in total. The average Bonchev–Trinajstić information content (AvgIpc) is 2.97. The van der Waals surface area contributed by atoms with Crippen LogP contribution in [-0.2, 0) is 16.1 Å². The van der Waals surface area contributed by atoms with Crippen molar-refractivity contribution in [1.82, 2.24) is 9.88 Å². The molecule has 3 rings (SSSR count). The van der Waals surface area contributed by atoms with E-state index in [4.69, 9.17) is 5.73 Å². The van der Waals surface area contributed by atoms with Gasteiger partial charge in [0.15, 0.2) is 6.54 Å². The van der Waals surface area contributed by atoms with E-state index in [2.05, 4.69) is 4.98 Å². The maximum atomic E-state index is 12.5. The van der Waals surface area contributed by atoms with Crippen molar-refractivity contribution in [1.29, 1.82) is 0 Å². The molecule has 1 fully saturated rings. The number of hydrogen-bond donors (Lipinski definition) is 2. The molecule has 0 aliphatic carbocycles. The molecule has 128 valence electrons. The van der Waals surface area contributed by atoms with Gasteiger partial charge in [-0.15, -0.1) is 11.3 Å². The fourth-order valence-electron chi connectivity index (χ4n) is 3.18. The Kier molecular flexibility index (Phi) is 5.11. The van der Waals surface area contributed by atoms with Crippen LogP contribution in [0, 0.1) is 5.92 Å². The third kappa shape index (κ3) is 3.91. The van der Waals surface area contributed by atoms with Gasteiger partial charge >= 0.3 is 0 Å². The van der Waals surface area contributed by atoms with E-state index in [9.17, 15) is 9.59 Å². The summed E-state index contributed by atoms with van der Waals surface area (Å²) in [6.45, 7) is 2.51. The summed E-state index contributed by atoms with van der Waals surface area (Å²) >= 11 is 1.62. The van der Waals surface area contributed by atoms with Crippen LogP contribution in [-0.4, -0.2) is 48.4 Å². The van der Waals surface area contributed by atoms with Gasteiger partial charge in [-0.1, -0.05) is 12.1 Å². The molecule has 1 saturated heterocycles. The normalized spacial score (nSPS) is 20.9. The molecule has 0 radical (unpaired) electrons. The molecule has 0 saturated carbocycles. The van der Waals surface area contributed by atoms with Gasteiger partial charge in [-0.05, 0) is 25.0 Å². The van der Waals surface area contributed by atoms with E-state index in [1.165, 1.54) is 0 Å². The molecule has 2 atom stereocenters. The number of nitrogens with one attached hydrogen (secondary N) is 1. The number of quaternary nitrogens is 1. The van der Waals surface area contributed by atoms with Crippen LogP contribution in [0.2, 0.25) is 0 Å². The maximum Gasteiger partial charge on any atom is 0.277 e. The number of thiazole rings is 1. The number of nitrogens with two attached hydrogens (primary N) is 1. The first-order chi connectivity index (χ1) is 11.5. The van der Waals surface area contributed by atoms with E-state index in [-0.39, 0.29) is 17.7 Å². The highest BCUT2D eigenvalue weighted by Crippen LogP contribution is 2.22. The lowest BCUT2D eigenvalue weighted by atomic mass is 9.97. The first-order valence-electron chi connectivity index (χ1n) is 8.24. The van der Waals surface area contributed by atoms with Crippen LogP contribution in [0.15, 0.2) is 24.3 Å². The van der Waals surface area contributed by atoms with Crippen LogP contribution in [0.1, 0.15) is 17.8 Å². The minimum absolute atomic E-state index is 0.0781. The lowest BCUT2D eigenvalue weighted by molar-refractivity contribution is -0.899. The number of nitrogens with zero attached hydrogens (tertiary/aromatic N) is 2. The number of carbonyl (C=O) groups excluding carboxylic acids is 2. The van der Waals surface area contributed by atoms with Crippen LogP contribution in [0.3, 0.4) is 0 Å². The molecule has 1 aliphatic heterocycles. The van der Waals surface area contributed by atoms with Crippen molar-refractivity contribution in [3.63, 3.8) is 0 Å². The number of rotatable bonds is 5. The van der Waals surface area contributed by atoms with Gasteiger partial charge < -0.3 is 15.5 Å². The zero-order chi connectivity index (χ0) is 17.1. The summed E-state index contributed by atoms with van der Waals surface area (Å²) in [5.41, 5.74) is 6.38. The van der Waals surface area contributed by atoms with Crippen LogP contribution < -0.4 is 10.6 Å². The number of likely N-dealkylation sites (tertiary alicyclic amines) is 1. The number of fused-ring (bicyclic) bond motifs is 1. The highest BCUT2D eigenvalue weighted by molar-refractivity contribution is 7.18. The Morgan fingerprint density at radius 2 is 2.21 bits per heavy atom. The summed E-state index contributed by atoms with van der Waals surface area (Å²) in [5, 5.41) is 0.940. The molecule has 24 heavy (non-hydrogen) atoms. The quantitative estimate of drug-likeness (QED) is 0.801. The number of primary amides is 1. The molecule has 1 aromatic heterocycles. The second kappa shape index (κ2) is 7.27. The third-order valence-corrected chi connectivity index (χ3v) is 5.58. The lowest BCUT2D eigenvalue weighted by Gasteiger charge is -2.29. The molecular formula is C17H23N4O2S+. The third-order valence-electron chi connectivity index (χ3n) is 4.56. The van der Waals surface area contributed by atoms with Gasteiger partial charge in [-0.2, -0.15) is 0 Å². The second-order valence-corrected chi connectivity index (χ2v) is 7.56. The predicted octanol–water partition coefficient (Wildman–Crippen LogP) is 0.0349. The molecule has 0 bridgehead atoms. The SMILES string of the molecule is CN(Cc1nc2ccccc2s1)C(=O)C[NH+]1CCC[C@@H](C(N)=O)C1. The van der Waals surface area contributed by atoms with Crippen molar-refractivity contribution in [3.05, 3.63) is 29.3 Å². The van der Waals surface area contributed by atoms with Gasteiger partial charge in [0.25, 0.3) is 5.91 Å². The van der Waals surface area contributed by atoms with Gasteiger partial charge in [0.2, 0.25) is 5.91 Å².